The Morgan fingerprint density at radius 1 is 1.24 bits per heavy atom. The van der Waals surface area contributed by atoms with Crippen LogP contribution in [0.3, 0.4) is 0 Å². The van der Waals surface area contributed by atoms with E-state index in [9.17, 15) is 13.2 Å². The topological polar surface area (TPSA) is 83.9 Å². The van der Waals surface area contributed by atoms with Crippen molar-refractivity contribution in [3.05, 3.63) is 23.1 Å². The molecule has 1 heterocycles. The van der Waals surface area contributed by atoms with E-state index in [-0.39, 0.29) is 11.3 Å². The number of carbonyl (C=O) groups excluding carboxylic acids is 1. The van der Waals surface area contributed by atoms with Crippen molar-refractivity contribution in [3.8, 4) is 0 Å². The molecule has 0 aromatic carbocycles. The van der Waals surface area contributed by atoms with Crippen molar-refractivity contribution < 1.29 is 22.5 Å². The van der Waals surface area contributed by atoms with Crippen LogP contribution in [0, 0.1) is 5.41 Å². The number of allylic oxidation sites excluding steroid dienone is 3. The standard InChI is InChI=1S/C12H18O5S.C6H13N/c1-11(2,3)17-10(13)12(4)7-5-6-9(8-12)18(14,15)16;1-7-5-3-2-4-6-7/h5-7H,8H2,1-4H3,(H,14,15,16);2-6H2,1H3. The molecule has 1 N–H and O–H groups in total. The summed E-state index contributed by atoms with van der Waals surface area (Å²) in [5.74, 6) is -0.513. The lowest BCUT2D eigenvalue weighted by Crippen LogP contribution is -2.36. The van der Waals surface area contributed by atoms with E-state index in [1.165, 1.54) is 44.5 Å². The zero-order chi connectivity index (χ0) is 19.3. The maximum absolute atomic E-state index is 12.0. The molecule has 6 nitrogen and oxygen atoms in total. The summed E-state index contributed by atoms with van der Waals surface area (Å²) in [7, 11) is -2.08. The average Bonchev–Trinajstić information content (AvgIpc) is 2.46. The number of piperidine rings is 1. The zero-order valence-electron chi connectivity index (χ0n) is 15.9. The highest BCUT2D eigenvalue weighted by Gasteiger charge is 2.39. The molecule has 1 unspecified atom stereocenters. The van der Waals surface area contributed by atoms with Gasteiger partial charge in [0.2, 0.25) is 0 Å². The Morgan fingerprint density at radius 3 is 2.20 bits per heavy atom. The van der Waals surface area contributed by atoms with Gasteiger partial charge in [-0.25, -0.2) is 0 Å². The second-order valence-electron chi connectivity index (χ2n) is 7.93. The van der Waals surface area contributed by atoms with Gasteiger partial charge < -0.3 is 9.64 Å². The molecule has 25 heavy (non-hydrogen) atoms. The van der Waals surface area contributed by atoms with Gasteiger partial charge in [-0.05, 0) is 66.7 Å². The average molecular weight is 374 g/mol. The molecule has 1 aliphatic carbocycles. The Morgan fingerprint density at radius 2 is 1.80 bits per heavy atom. The first-order valence-corrected chi connectivity index (χ1v) is 10.1. The minimum absolute atomic E-state index is 0.1000. The third-order valence-electron chi connectivity index (χ3n) is 4.06. The molecule has 0 amide bonds. The number of carbonyl (C=O) groups is 1. The lowest BCUT2D eigenvalue weighted by Gasteiger charge is -2.30. The highest BCUT2D eigenvalue weighted by molar-refractivity contribution is 7.89. The van der Waals surface area contributed by atoms with Gasteiger partial charge in [0.05, 0.1) is 10.3 Å². The van der Waals surface area contributed by atoms with E-state index >= 15 is 0 Å². The fraction of sp³-hybridized carbons (Fsp3) is 0.722. The molecule has 0 spiro atoms. The minimum Gasteiger partial charge on any atom is -0.459 e. The van der Waals surface area contributed by atoms with Crippen molar-refractivity contribution in [2.45, 2.75) is 59.0 Å². The van der Waals surface area contributed by atoms with Gasteiger partial charge in [0, 0.05) is 6.42 Å². The number of likely N-dealkylation sites (tertiary alicyclic amines) is 1. The van der Waals surface area contributed by atoms with Crippen molar-refractivity contribution >= 4 is 16.1 Å². The van der Waals surface area contributed by atoms with Gasteiger partial charge in [0.15, 0.2) is 0 Å². The molecular formula is C18H31NO5S. The summed E-state index contributed by atoms with van der Waals surface area (Å²) >= 11 is 0. The summed E-state index contributed by atoms with van der Waals surface area (Å²) < 4.78 is 36.4. The lowest BCUT2D eigenvalue weighted by atomic mass is 9.83. The van der Waals surface area contributed by atoms with Crippen LogP contribution in [0.4, 0.5) is 0 Å². The normalized spacial score (nSPS) is 24.8. The second-order valence-corrected chi connectivity index (χ2v) is 9.40. The van der Waals surface area contributed by atoms with E-state index in [1.807, 2.05) is 0 Å². The molecule has 7 heteroatoms. The van der Waals surface area contributed by atoms with Crippen molar-refractivity contribution in [2.75, 3.05) is 20.1 Å². The highest BCUT2D eigenvalue weighted by Crippen LogP contribution is 2.35. The molecular weight excluding hydrogens is 342 g/mol. The Kier molecular flexibility index (Phi) is 7.40. The van der Waals surface area contributed by atoms with E-state index < -0.39 is 27.1 Å². The van der Waals surface area contributed by atoms with E-state index in [1.54, 1.807) is 33.8 Å². The first-order chi connectivity index (χ1) is 11.3. The SMILES string of the molecule is CC(C)(C)OC(=O)C1(C)C=CC=C(S(=O)(=O)O)C1.CN1CCCCC1. The summed E-state index contributed by atoms with van der Waals surface area (Å²) in [4.78, 5) is 14.2. The molecule has 0 radical (unpaired) electrons. The smallest absolute Gasteiger partial charge is 0.316 e. The summed E-state index contributed by atoms with van der Waals surface area (Å²) in [6.45, 7) is 9.43. The van der Waals surface area contributed by atoms with Crippen molar-refractivity contribution in [2.24, 2.45) is 5.41 Å². The van der Waals surface area contributed by atoms with Gasteiger partial charge in [0.1, 0.15) is 5.60 Å². The predicted octanol–water partition coefficient (Wildman–Crippen LogP) is 3.17. The quantitative estimate of drug-likeness (QED) is 0.591. The highest BCUT2D eigenvalue weighted by atomic mass is 32.2. The van der Waals surface area contributed by atoms with Crippen LogP contribution in [-0.4, -0.2) is 49.6 Å². The van der Waals surface area contributed by atoms with Gasteiger partial charge in [0.25, 0.3) is 10.1 Å². The van der Waals surface area contributed by atoms with E-state index in [4.69, 9.17) is 9.29 Å². The maximum atomic E-state index is 12.0. The molecule has 0 bridgehead atoms. The Labute approximate surface area is 151 Å². The van der Waals surface area contributed by atoms with Crippen LogP contribution in [0.1, 0.15) is 53.4 Å². The number of ether oxygens (including phenoxy) is 1. The monoisotopic (exact) mass is 373 g/mol. The number of nitrogens with zero attached hydrogens (tertiary/aromatic N) is 1. The minimum atomic E-state index is -4.27. The van der Waals surface area contributed by atoms with Gasteiger partial charge in [-0.1, -0.05) is 18.6 Å². The molecule has 1 atom stereocenters. The van der Waals surface area contributed by atoms with Gasteiger partial charge >= 0.3 is 5.97 Å². The van der Waals surface area contributed by atoms with Gasteiger partial charge in [-0.2, -0.15) is 8.42 Å². The van der Waals surface area contributed by atoms with E-state index in [0.717, 1.165) is 0 Å². The van der Waals surface area contributed by atoms with Crippen LogP contribution in [0.25, 0.3) is 0 Å². The molecule has 0 saturated carbocycles. The van der Waals surface area contributed by atoms with Crippen LogP contribution in [0.2, 0.25) is 0 Å². The molecule has 0 aromatic heterocycles. The zero-order valence-corrected chi connectivity index (χ0v) is 16.7. The predicted molar refractivity (Wildman–Crippen MR) is 98.7 cm³/mol. The summed E-state index contributed by atoms with van der Waals surface area (Å²) in [6, 6.07) is 0. The molecule has 1 aliphatic heterocycles. The molecule has 2 aliphatic rings. The van der Waals surface area contributed by atoms with Gasteiger partial charge in [-0.3, -0.25) is 9.35 Å². The van der Waals surface area contributed by atoms with Crippen LogP contribution in [0.5, 0.6) is 0 Å². The third kappa shape index (κ3) is 7.71. The summed E-state index contributed by atoms with van der Waals surface area (Å²) in [6.07, 6.45) is 8.47. The maximum Gasteiger partial charge on any atom is 0.316 e. The fourth-order valence-corrected chi connectivity index (χ4v) is 3.34. The Bertz CT molecular complexity index is 624. The molecule has 2 rings (SSSR count). The number of hydrogen-bond acceptors (Lipinski definition) is 5. The van der Waals surface area contributed by atoms with Crippen molar-refractivity contribution in [1.29, 1.82) is 0 Å². The molecule has 144 valence electrons. The first-order valence-electron chi connectivity index (χ1n) is 8.61. The molecule has 0 aromatic rings. The van der Waals surface area contributed by atoms with Crippen LogP contribution in [0.15, 0.2) is 23.1 Å². The largest absolute Gasteiger partial charge is 0.459 e. The number of rotatable bonds is 2. The van der Waals surface area contributed by atoms with Crippen LogP contribution >= 0.6 is 0 Å². The number of esters is 1. The lowest BCUT2D eigenvalue weighted by molar-refractivity contribution is -0.163. The Hall–Kier alpha value is -1.18. The van der Waals surface area contributed by atoms with Crippen LogP contribution in [-0.2, 0) is 19.6 Å². The van der Waals surface area contributed by atoms with Gasteiger partial charge in [-0.15, -0.1) is 0 Å². The van der Waals surface area contributed by atoms with Crippen molar-refractivity contribution in [1.82, 2.24) is 4.90 Å². The summed E-state index contributed by atoms with van der Waals surface area (Å²) in [5.41, 5.74) is -1.72. The second kappa shape index (κ2) is 8.47. The Balaban J connectivity index is 0.000000370. The third-order valence-corrected chi connectivity index (χ3v) is 5.01. The number of hydrogen-bond donors (Lipinski definition) is 1. The first kappa shape index (κ1) is 21.9. The molecule has 1 saturated heterocycles. The molecule has 1 fully saturated rings. The van der Waals surface area contributed by atoms with E-state index in [2.05, 4.69) is 11.9 Å². The fourth-order valence-electron chi connectivity index (χ4n) is 2.61. The summed E-state index contributed by atoms with van der Waals surface area (Å²) in [5, 5.41) is 0. The van der Waals surface area contributed by atoms with Crippen LogP contribution < -0.4 is 0 Å². The van der Waals surface area contributed by atoms with E-state index in [0.29, 0.717) is 0 Å². The van der Waals surface area contributed by atoms with Crippen molar-refractivity contribution in [3.63, 3.8) is 0 Å².